The fourth-order valence-corrected chi connectivity index (χ4v) is 4.59. The van der Waals surface area contributed by atoms with Crippen molar-refractivity contribution in [2.24, 2.45) is 0 Å². The number of hydrogen-bond acceptors (Lipinski definition) is 5. The average molecular weight is 397 g/mol. The first-order chi connectivity index (χ1) is 12.1. The van der Waals surface area contributed by atoms with E-state index in [4.69, 9.17) is 11.6 Å². The van der Waals surface area contributed by atoms with Crippen molar-refractivity contribution in [2.75, 3.05) is 4.31 Å². The van der Waals surface area contributed by atoms with E-state index in [2.05, 4.69) is 0 Å². The molecule has 0 saturated carbocycles. The number of halogens is 1. The highest BCUT2D eigenvalue weighted by atomic mass is 35.5. The standard InChI is InChI=1S/C17H17ClN2O5S/c1-11-8-12(2)10-14(9-11)19(13(3)17(18)21)26(24,25)16-7-5-4-6-15(16)20(22)23/h4-10,13H,1-3H3. The third kappa shape index (κ3) is 3.86. The highest BCUT2D eigenvalue weighted by Gasteiger charge is 2.37. The van der Waals surface area contributed by atoms with Gasteiger partial charge in [-0.1, -0.05) is 18.2 Å². The number of benzene rings is 2. The molecule has 1 unspecified atom stereocenters. The van der Waals surface area contributed by atoms with Crippen LogP contribution in [0.25, 0.3) is 0 Å². The van der Waals surface area contributed by atoms with Crippen molar-refractivity contribution in [2.45, 2.75) is 31.7 Å². The van der Waals surface area contributed by atoms with E-state index in [1.54, 1.807) is 26.0 Å². The van der Waals surface area contributed by atoms with Gasteiger partial charge in [0.25, 0.3) is 15.7 Å². The van der Waals surface area contributed by atoms with Crippen LogP contribution in [0.1, 0.15) is 18.1 Å². The Bertz CT molecular complexity index is 955. The third-order valence-electron chi connectivity index (χ3n) is 3.74. The number of rotatable bonds is 6. The first-order valence-corrected chi connectivity index (χ1v) is 9.43. The Kier molecular flexibility index (Phi) is 5.68. The predicted molar refractivity (Wildman–Crippen MR) is 99.0 cm³/mol. The number of carbonyl (C=O) groups is 1. The fraction of sp³-hybridized carbons (Fsp3) is 0.235. The molecule has 2 aromatic rings. The SMILES string of the molecule is Cc1cc(C)cc(N(C(C)C(=O)Cl)S(=O)(=O)c2ccccc2[N+](=O)[O-])c1. The van der Waals surface area contributed by atoms with Crippen LogP contribution in [0.5, 0.6) is 0 Å². The minimum absolute atomic E-state index is 0.210. The minimum atomic E-state index is -4.42. The summed E-state index contributed by atoms with van der Waals surface area (Å²) in [7, 11) is -4.42. The van der Waals surface area contributed by atoms with Crippen molar-refractivity contribution in [1.82, 2.24) is 0 Å². The number of nitrogens with zero attached hydrogens (tertiary/aromatic N) is 2. The van der Waals surface area contributed by atoms with Gasteiger partial charge in [-0.2, -0.15) is 0 Å². The Morgan fingerprint density at radius 1 is 1.15 bits per heavy atom. The van der Waals surface area contributed by atoms with Crippen LogP contribution in [-0.2, 0) is 14.8 Å². The lowest BCUT2D eigenvalue weighted by molar-refractivity contribution is -0.387. The van der Waals surface area contributed by atoms with Crippen LogP contribution in [0.4, 0.5) is 11.4 Å². The van der Waals surface area contributed by atoms with E-state index in [0.717, 1.165) is 27.6 Å². The first-order valence-electron chi connectivity index (χ1n) is 7.61. The van der Waals surface area contributed by atoms with Gasteiger partial charge in [0, 0.05) is 6.07 Å². The Morgan fingerprint density at radius 3 is 2.19 bits per heavy atom. The smallest absolute Gasteiger partial charge is 0.279 e. The van der Waals surface area contributed by atoms with Crippen molar-refractivity contribution < 1.29 is 18.1 Å². The van der Waals surface area contributed by atoms with Gasteiger partial charge in [-0.25, -0.2) is 8.42 Å². The zero-order chi connectivity index (χ0) is 19.6. The van der Waals surface area contributed by atoms with E-state index in [1.165, 1.54) is 19.1 Å². The second kappa shape index (κ2) is 7.43. The van der Waals surface area contributed by atoms with Gasteiger partial charge < -0.3 is 0 Å². The molecule has 0 aliphatic carbocycles. The molecule has 0 aliphatic rings. The van der Waals surface area contributed by atoms with Crippen LogP contribution in [-0.4, -0.2) is 24.6 Å². The molecule has 0 bridgehead atoms. The maximum Gasteiger partial charge on any atom is 0.289 e. The molecule has 0 radical (unpaired) electrons. The summed E-state index contributed by atoms with van der Waals surface area (Å²) >= 11 is 5.57. The van der Waals surface area contributed by atoms with Crippen LogP contribution < -0.4 is 4.31 Å². The van der Waals surface area contributed by atoms with Gasteiger partial charge in [-0.15, -0.1) is 0 Å². The van der Waals surface area contributed by atoms with Crippen LogP contribution in [0.2, 0.25) is 0 Å². The number of nitro benzene ring substituents is 1. The number of anilines is 1. The van der Waals surface area contributed by atoms with Gasteiger partial charge in [-0.05, 0) is 61.7 Å². The molecule has 26 heavy (non-hydrogen) atoms. The Balaban J connectivity index is 2.77. The zero-order valence-electron chi connectivity index (χ0n) is 14.3. The lowest BCUT2D eigenvalue weighted by Gasteiger charge is -2.28. The second-order valence-electron chi connectivity index (χ2n) is 5.85. The number of aryl methyl sites for hydroxylation is 2. The Labute approximate surface area is 156 Å². The van der Waals surface area contributed by atoms with Crippen molar-refractivity contribution in [3.05, 3.63) is 63.7 Å². The Hall–Kier alpha value is -2.45. The quantitative estimate of drug-likeness (QED) is 0.422. The lowest BCUT2D eigenvalue weighted by Crippen LogP contribution is -2.42. The molecule has 0 aliphatic heterocycles. The van der Waals surface area contributed by atoms with Crippen molar-refractivity contribution >= 4 is 38.2 Å². The predicted octanol–water partition coefficient (Wildman–Crippen LogP) is 3.56. The molecule has 0 spiro atoms. The molecule has 7 nitrogen and oxygen atoms in total. The lowest BCUT2D eigenvalue weighted by atomic mass is 10.1. The Morgan fingerprint density at radius 2 is 1.69 bits per heavy atom. The molecule has 0 saturated heterocycles. The summed E-state index contributed by atoms with van der Waals surface area (Å²) in [5.74, 6) is 0. The van der Waals surface area contributed by atoms with Gasteiger partial charge in [0.05, 0.1) is 10.6 Å². The number of sulfonamides is 1. The summed E-state index contributed by atoms with van der Waals surface area (Å²) in [5, 5.41) is 10.4. The number of nitro groups is 1. The summed E-state index contributed by atoms with van der Waals surface area (Å²) in [5.41, 5.74) is 1.19. The molecular weight excluding hydrogens is 380 g/mol. The highest BCUT2D eigenvalue weighted by molar-refractivity contribution is 7.93. The molecule has 0 aromatic heterocycles. The highest BCUT2D eigenvalue weighted by Crippen LogP contribution is 2.32. The maximum atomic E-state index is 13.2. The van der Waals surface area contributed by atoms with E-state index in [-0.39, 0.29) is 5.69 Å². The van der Waals surface area contributed by atoms with Gasteiger partial charge >= 0.3 is 0 Å². The average Bonchev–Trinajstić information content (AvgIpc) is 2.53. The maximum absolute atomic E-state index is 13.2. The molecule has 1 atom stereocenters. The second-order valence-corrected chi connectivity index (χ2v) is 8.01. The summed E-state index contributed by atoms with van der Waals surface area (Å²) in [6.07, 6.45) is 0. The van der Waals surface area contributed by atoms with Gasteiger partial charge in [0.1, 0.15) is 6.04 Å². The summed E-state index contributed by atoms with van der Waals surface area (Å²) in [6, 6.07) is 8.73. The van der Waals surface area contributed by atoms with Crippen molar-refractivity contribution in [3.8, 4) is 0 Å². The molecule has 138 valence electrons. The van der Waals surface area contributed by atoms with Crippen molar-refractivity contribution in [3.63, 3.8) is 0 Å². The van der Waals surface area contributed by atoms with Gasteiger partial charge in [0.15, 0.2) is 4.90 Å². The van der Waals surface area contributed by atoms with Crippen molar-refractivity contribution in [1.29, 1.82) is 0 Å². The molecule has 0 amide bonds. The van der Waals surface area contributed by atoms with E-state index < -0.39 is 36.8 Å². The number of carbonyl (C=O) groups excluding carboxylic acids is 1. The van der Waals surface area contributed by atoms with E-state index in [9.17, 15) is 23.3 Å². The van der Waals surface area contributed by atoms with Crippen LogP contribution >= 0.6 is 11.6 Å². The molecule has 0 N–H and O–H groups in total. The molecule has 9 heteroatoms. The molecule has 2 aromatic carbocycles. The number of para-hydroxylation sites is 1. The van der Waals surface area contributed by atoms with Gasteiger partial charge in [0.2, 0.25) is 5.24 Å². The zero-order valence-corrected chi connectivity index (χ0v) is 15.9. The molecule has 2 rings (SSSR count). The molecule has 0 heterocycles. The van der Waals surface area contributed by atoms with Crippen LogP contribution in [0.15, 0.2) is 47.4 Å². The van der Waals surface area contributed by atoms with E-state index in [0.29, 0.717) is 0 Å². The summed E-state index contributed by atoms with van der Waals surface area (Å²) in [6.45, 7) is 4.89. The topological polar surface area (TPSA) is 97.6 Å². The largest absolute Gasteiger partial charge is 0.289 e. The normalized spacial score (nSPS) is 12.5. The summed E-state index contributed by atoms with van der Waals surface area (Å²) in [4.78, 5) is 21.7. The fourth-order valence-electron chi connectivity index (χ4n) is 2.67. The third-order valence-corrected chi connectivity index (χ3v) is 6.00. The summed E-state index contributed by atoms with van der Waals surface area (Å²) < 4.78 is 27.3. The molecular formula is C17H17ClN2O5S. The first kappa shape index (κ1) is 19.9. The molecule has 0 fully saturated rings. The number of hydrogen-bond donors (Lipinski definition) is 0. The van der Waals surface area contributed by atoms with Crippen LogP contribution in [0, 0.1) is 24.0 Å². The van der Waals surface area contributed by atoms with Gasteiger partial charge in [-0.3, -0.25) is 19.2 Å². The van der Waals surface area contributed by atoms with E-state index in [1.807, 2.05) is 6.07 Å². The monoisotopic (exact) mass is 396 g/mol. The van der Waals surface area contributed by atoms with E-state index >= 15 is 0 Å². The minimum Gasteiger partial charge on any atom is -0.279 e. The van der Waals surface area contributed by atoms with Crippen LogP contribution in [0.3, 0.4) is 0 Å².